The van der Waals surface area contributed by atoms with Crippen molar-refractivity contribution in [3.8, 4) is 5.75 Å². The van der Waals surface area contributed by atoms with Crippen LogP contribution in [0.25, 0.3) is 5.65 Å². The highest BCUT2D eigenvalue weighted by atomic mass is 35.5. The van der Waals surface area contributed by atoms with Crippen LogP contribution in [0.15, 0.2) is 12.3 Å². The molecule has 0 aromatic carbocycles. The maximum atomic E-state index is 5.91. The van der Waals surface area contributed by atoms with Crippen LogP contribution in [0.4, 0.5) is 0 Å². The SMILES string of the molecule is COc1cn2nc(C)nc2cc1Cl. The van der Waals surface area contributed by atoms with E-state index >= 15 is 0 Å². The third kappa shape index (κ3) is 1.33. The quantitative estimate of drug-likeness (QED) is 0.699. The normalized spacial score (nSPS) is 10.7. The van der Waals surface area contributed by atoms with Gasteiger partial charge in [0, 0.05) is 6.07 Å². The molecule has 2 heterocycles. The van der Waals surface area contributed by atoms with Crippen LogP contribution < -0.4 is 4.74 Å². The van der Waals surface area contributed by atoms with Gasteiger partial charge in [-0.1, -0.05) is 11.6 Å². The van der Waals surface area contributed by atoms with Gasteiger partial charge in [-0.3, -0.25) is 0 Å². The van der Waals surface area contributed by atoms with Crippen molar-refractivity contribution in [3.63, 3.8) is 0 Å². The number of fused-ring (bicyclic) bond motifs is 1. The first kappa shape index (κ1) is 8.31. The molecule has 0 saturated carbocycles. The van der Waals surface area contributed by atoms with E-state index in [0.29, 0.717) is 16.6 Å². The molecule has 0 unspecified atom stereocenters. The number of halogens is 1. The van der Waals surface area contributed by atoms with Gasteiger partial charge in [0.25, 0.3) is 0 Å². The molecule has 0 radical (unpaired) electrons. The largest absolute Gasteiger partial charge is 0.494 e. The Kier molecular flexibility index (Phi) is 1.84. The lowest BCUT2D eigenvalue weighted by molar-refractivity contribution is 0.412. The van der Waals surface area contributed by atoms with E-state index < -0.39 is 0 Å². The molecule has 0 spiro atoms. The van der Waals surface area contributed by atoms with Gasteiger partial charge in [0.1, 0.15) is 5.82 Å². The molecule has 0 N–H and O–H groups in total. The van der Waals surface area contributed by atoms with E-state index in [1.807, 2.05) is 6.92 Å². The minimum atomic E-state index is 0.544. The molecule has 0 fully saturated rings. The summed E-state index contributed by atoms with van der Waals surface area (Å²) in [5.41, 5.74) is 0.725. The Balaban J connectivity index is 2.72. The highest BCUT2D eigenvalue weighted by Crippen LogP contribution is 2.24. The molecule has 13 heavy (non-hydrogen) atoms. The van der Waals surface area contributed by atoms with Crippen LogP contribution in [0.5, 0.6) is 5.75 Å². The summed E-state index contributed by atoms with van der Waals surface area (Å²) >= 11 is 5.91. The lowest BCUT2D eigenvalue weighted by Gasteiger charge is -2.01. The summed E-state index contributed by atoms with van der Waals surface area (Å²) in [5.74, 6) is 1.31. The molecule has 0 aliphatic heterocycles. The van der Waals surface area contributed by atoms with E-state index in [4.69, 9.17) is 16.3 Å². The van der Waals surface area contributed by atoms with E-state index in [1.54, 1.807) is 23.9 Å². The molecule has 0 aliphatic rings. The van der Waals surface area contributed by atoms with Crippen molar-refractivity contribution < 1.29 is 4.74 Å². The number of ether oxygens (including phenoxy) is 1. The Labute approximate surface area is 80.1 Å². The number of rotatable bonds is 1. The van der Waals surface area contributed by atoms with Crippen LogP contribution in [0.3, 0.4) is 0 Å². The van der Waals surface area contributed by atoms with Crippen molar-refractivity contribution in [1.29, 1.82) is 0 Å². The van der Waals surface area contributed by atoms with E-state index in [9.17, 15) is 0 Å². The Morgan fingerprint density at radius 3 is 3.00 bits per heavy atom. The van der Waals surface area contributed by atoms with Crippen LogP contribution in [-0.2, 0) is 0 Å². The second-order valence-corrected chi connectivity index (χ2v) is 3.06. The van der Waals surface area contributed by atoms with Gasteiger partial charge in [0.15, 0.2) is 11.4 Å². The number of hydrogen-bond donors (Lipinski definition) is 0. The Morgan fingerprint density at radius 1 is 1.54 bits per heavy atom. The minimum absolute atomic E-state index is 0.544. The molecular weight excluding hydrogens is 190 g/mol. The Morgan fingerprint density at radius 2 is 2.31 bits per heavy atom. The first-order chi connectivity index (χ1) is 6.20. The fourth-order valence-electron chi connectivity index (χ4n) is 1.15. The van der Waals surface area contributed by atoms with Crippen molar-refractivity contribution in [1.82, 2.24) is 14.6 Å². The zero-order chi connectivity index (χ0) is 9.42. The number of methoxy groups -OCH3 is 1. The highest BCUT2D eigenvalue weighted by Gasteiger charge is 2.05. The summed E-state index contributed by atoms with van der Waals surface area (Å²) in [6.07, 6.45) is 1.71. The molecule has 4 nitrogen and oxygen atoms in total. The molecule has 0 saturated heterocycles. The summed E-state index contributed by atoms with van der Waals surface area (Å²) < 4.78 is 6.68. The molecule has 2 aromatic heterocycles. The predicted octanol–water partition coefficient (Wildman–Crippen LogP) is 1.70. The predicted molar refractivity (Wildman–Crippen MR) is 49.3 cm³/mol. The van der Waals surface area contributed by atoms with Gasteiger partial charge in [-0.25, -0.2) is 9.50 Å². The van der Waals surface area contributed by atoms with E-state index in [2.05, 4.69) is 10.1 Å². The van der Waals surface area contributed by atoms with Crippen molar-refractivity contribution in [3.05, 3.63) is 23.1 Å². The van der Waals surface area contributed by atoms with Crippen molar-refractivity contribution >= 4 is 17.2 Å². The molecule has 2 aromatic rings. The average molecular weight is 198 g/mol. The van der Waals surface area contributed by atoms with Crippen LogP contribution in [0.1, 0.15) is 5.82 Å². The van der Waals surface area contributed by atoms with E-state index in [1.165, 1.54) is 0 Å². The second-order valence-electron chi connectivity index (χ2n) is 2.65. The van der Waals surface area contributed by atoms with Gasteiger partial charge in [-0.05, 0) is 6.92 Å². The highest BCUT2D eigenvalue weighted by molar-refractivity contribution is 6.32. The smallest absolute Gasteiger partial charge is 0.157 e. The lowest BCUT2D eigenvalue weighted by Crippen LogP contribution is -1.91. The summed E-state index contributed by atoms with van der Waals surface area (Å²) in [6.45, 7) is 1.83. The molecule has 0 bridgehead atoms. The van der Waals surface area contributed by atoms with Crippen LogP contribution >= 0.6 is 11.6 Å². The van der Waals surface area contributed by atoms with Gasteiger partial charge >= 0.3 is 0 Å². The summed E-state index contributed by atoms with van der Waals surface area (Å²) in [7, 11) is 1.57. The van der Waals surface area contributed by atoms with Crippen molar-refractivity contribution in [2.75, 3.05) is 7.11 Å². The molecule has 68 valence electrons. The topological polar surface area (TPSA) is 39.4 Å². The fourth-order valence-corrected chi connectivity index (χ4v) is 1.37. The molecule has 2 rings (SSSR count). The first-order valence-corrected chi connectivity index (χ1v) is 4.15. The molecular formula is C8H8ClN3O. The average Bonchev–Trinajstić information content (AvgIpc) is 2.42. The third-order valence-electron chi connectivity index (χ3n) is 1.71. The third-order valence-corrected chi connectivity index (χ3v) is 2.01. The summed E-state index contributed by atoms with van der Waals surface area (Å²) in [6, 6.07) is 1.72. The number of aryl methyl sites for hydroxylation is 1. The van der Waals surface area contributed by atoms with Gasteiger partial charge in [-0.15, -0.1) is 0 Å². The minimum Gasteiger partial charge on any atom is -0.494 e. The maximum absolute atomic E-state index is 5.91. The van der Waals surface area contributed by atoms with Crippen molar-refractivity contribution in [2.24, 2.45) is 0 Å². The molecule has 0 atom stereocenters. The first-order valence-electron chi connectivity index (χ1n) is 3.77. The van der Waals surface area contributed by atoms with Gasteiger partial charge < -0.3 is 4.74 Å². The van der Waals surface area contributed by atoms with E-state index in [0.717, 1.165) is 5.65 Å². The second kappa shape index (κ2) is 2.88. The monoisotopic (exact) mass is 197 g/mol. The van der Waals surface area contributed by atoms with Gasteiger partial charge in [0.2, 0.25) is 0 Å². The Bertz CT molecular complexity index is 452. The number of pyridine rings is 1. The molecule has 5 heteroatoms. The summed E-state index contributed by atoms with van der Waals surface area (Å²) in [4.78, 5) is 4.16. The van der Waals surface area contributed by atoms with Gasteiger partial charge in [0.05, 0.1) is 18.3 Å². The number of nitrogens with zero attached hydrogens (tertiary/aromatic N) is 3. The van der Waals surface area contributed by atoms with E-state index in [-0.39, 0.29) is 0 Å². The molecule has 0 amide bonds. The Hall–Kier alpha value is -1.29. The van der Waals surface area contributed by atoms with Gasteiger partial charge in [-0.2, -0.15) is 5.10 Å². The maximum Gasteiger partial charge on any atom is 0.157 e. The lowest BCUT2D eigenvalue weighted by atomic mass is 10.4. The number of aromatic nitrogens is 3. The van der Waals surface area contributed by atoms with Crippen LogP contribution in [0, 0.1) is 6.92 Å². The van der Waals surface area contributed by atoms with Crippen LogP contribution in [-0.4, -0.2) is 21.7 Å². The summed E-state index contributed by atoms with van der Waals surface area (Å²) in [5, 5.41) is 4.67. The zero-order valence-corrected chi connectivity index (χ0v) is 8.04. The molecule has 0 aliphatic carbocycles. The zero-order valence-electron chi connectivity index (χ0n) is 7.28. The fraction of sp³-hybridized carbons (Fsp3) is 0.250. The number of hydrogen-bond acceptors (Lipinski definition) is 3. The van der Waals surface area contributed by atoms with Crippen LogP contribution in [0.2, 0.25) is 5.02 Å². The standard InChI is InChI=1S/C8H8ClN3O/c1-5-10-8-3-6(9)7(13-2)4-12(8)11-5/h3-4H,1-2H3. The van der Waals surface area contributed by atoms with Crippen molar-refractivity contribution in [2.45, 2.75) is 6.92 Å².